The summed E-state index contributed by atoms with van der Waals surface area (Å²) in [5.74, 6) is -3.39. The first-order valence-electron chi connectivity index (χ1n) is 13.0. The van der Waals surface area contributed by atoms with E-state index in [1.54, 1.807) is 68.9 Å². The van der Waals surface area contributed by atoms with Crippen LogP contribution in [-0.4, -0.2) is 34.1 Å². The molecule has 3 aromatic rings. The van der Waals surface area contributed by atoms with E-state index in [0.29, 0.717) is 0 Å². The van der Waals surface area contributed by atoms with Gasteiger partial charge in [0.25, 0.3) is 0 Å². The summed E-state index contributed by atoms with van der Waals surface area (Å²) in [5.41, 5.74) is 0.660. The molecule has 0 fully saturated rings. The first-order valence-corrected chi connectivity index (χ1v) is 20.8. The fraction of sp³-hybridized carbons (Fsp3) is 0.219. The Morgan fingerprint density at radius 3 is 1.00 bits per heavy atom. The Labute approximate surface area is 256 Å². The second-order valence-corrected chi connectivity index (χ2v) is 22.1. The number of carbonyl (C=O) groups excluding carboxylic acids is 3. The van der Waals surface area contributed by atoms with Crippen molar-refractivity contribution in [1.82, 2.24) is 0 Å². The van der Waals surface area contributed by atoms with Gasteiger partial charge in [0.15, 0.2) is 0 Å². The van der Waals surface area contributed by atoms with Gasteiger partial charge in [0.05, 0.1) is 17.9 Å². The van der Waals surface area contributed by atoms with Gasteiger partial charge in [0, 0.05) is 0 Å². The number of carbonyl (C=O) groups is 3. The molecule has 0 heterocycles. The van der Waals surface area contributed by atoms with E-state index in [2.05, 4.69) is 65.8 Å². The summed E-state index contributed by atoms with van der Waals surface area (Å²) in [4.78, 5) is 30.3. The molecular weight excluding hydrogens is 584 g/mol. The molecule has 0 aromatic heterocycles. The van der Waals surface area contributed by atoms with Gasteiger partial charge in [-0.15, -0.1) is 0 Å². The van der Waals surface area contributed by atoms with Crippen LogP contribution in [0, 0.1) is 0 Å². The van der Waals surface area contributed by atoms with Crippen molar-refractivity contribution < 1.29 is 50.1 Å². The van der Waals surface area contributed by atoms with E-state index in [4.69, 9.17) is 0 Å². The zero-order valence-corrected chi connectivity index (χ0v) is 28.0. The van der Waals surface area contributed by atoms with Crippen molar-refractivity contribution in [1.29, 1.82) is 0 Å². The molecular formula is C32H36O6Si2Ti. The van der Waals surface area contributed by atoms with E-state index in [9.17, 15) is 29.7 Å². The summed E-state index contributed by atoms with van der Waals surface area (Å²) in [5, 5.41) is 33.8. The molecule has 4 rings (SSSR count). The number of aromatic carboxylic acids is 3. The molecule has 0 saturated heterocycles. The maximum absolute atomic E-state index is 10.1. The second kappa shape index (κ2) is 16.8. The van der Waals surface area contributed by atoms with Gasteiger partial charge in [-0.3, -0.25) is 0 Å². The Morgan fingerprint density at radius 2 is 0.854 bits per heavy atom. The fourth-order valence-electron chi connectivity index (χ4n) is 3.66. The van der Waals surface area contributed by atoms with Crippen LogP contribution in [0.2, 0.25) is 39.3 Å². The number of allylic oxidation sites excluding steroid dienone is 4. The zero-order valence-electron chi connectivity index (χ0n) is 24.4. The molecule has 0 atom stereocenters. The molecule has 6 nitrogen and oxygen atoms in total. The number of hydrogen-bond donors (Lipinski definition) is 0. The van der Waals surface area contributed by atoms with Crippen LogP contribution in [0.3, 0.4) is 0 Å². The summed E-state index contributed by atoms with van der Waals surface area (Å²) >= 11 is 2.35. The Kier molecular flexibility index (Phi) is 14.7. The van der Waals surface area contributed by atoms with Crippen molar-refractivity contribution >= 4 is 34.1 Å². The molecule has 0 N–H and O–H groups in total. The number of hydrogen-bond acceptors (Lipinski definition) is 6. The molecule has 0 aliphatic heterocycles. The molecule has 212 valence electrons. The van der Waals surface area contributed by atoms with E-state index < -0.39 is 34.1 Å². The Balaban J connectivity index is 0.000000279. The SMILES string of the molecule is C[Si](C)(C)C1=CCC([Si](C)(C)C)=[C]1[Ti+3].O=C([O-])c1ccccc1.O=C([O-])c1ccccc1.O=C([O-])c1ccccc1. The van der Waals surface area contributed by atoms with Crippen molar-refractivity contribution in [2.75, 3.05) is 0 Å². The van der Waals surface area contributed by atoms with Crippen LogP contribution in [0.4, 0.5) is 0 Å². The van der Waals surface area contributed by atoms with Crippen molar-refractivity contribution in [3.8, 4) is 0 Å². The number of carboxylic acids is 3. The topological polar surface area (TPSA) is 120 Å². The minimum Gasteiger partial charge on any atom is -0.545 e. The molecule has 1 aliphatic rings. The van der Waals surface area contributed by atoms with E-state index in [-0.39, 0.29) is 16.7 Å². The average molecular weight is 621 g/mol. The predicted molar refractivity (Wildman–Crippen MR) is 159 cm³/mol. The maximum Gasteiger partial charge on any atom is 0.0715 e. The molecule has 0 amide bonds. The van der Waals surface area contributed by atoms with Crippen LogP contribution in [0.5, 0.6) is 0 Å². The Bertz CT molecular complexity index is 1210. The number of rotatable bonds is 5. The third kappa shape index (κ3) is 13.3. The van der Waals surface area contributed by atoms with E-state index in [1.807, 2.05) is 0 Å². The van der Waals surface area contributed by atoms with Gasteiger partial charge in [0.1, 0.15) is 0 Å². The van der Waals surface area contributed by atoms with Crippen LogP contribution < -0.4 is 15.3 Å². The van der Waals surface area contributed by atoms with Crippen molar-refractivity contribution in [2.45, 2.75) is 45.7 Å². The summed E-state index contributed by atoms with van der Waals surface area (Å²) in [6.45, 7) is 14.8. The third-order valence-electron chi connectivity index (χ3n) is 5.82. The van der Waals surface area contributed by atoms with Crippen LogP contribution in [0.1, 0.15) is 37.5 Å². The van der Waals surface area contributed by atoms with E-state index >= 15 is 0 Å². The summed E-state index contributed by atoms with van der Waals surface area (Å²) in [7, 11) is -2.14. The van der Waals surface area contributed by atoms with Gasteiger partial charge >= 0.3 is 103 Å². The molecule has 0 unspecified atom stereocenters. The van der Waals surface area contributed by atoms with Gasteiger partial charge in [-0.05, 0) is 16.7 Å². The van der Waals surface area contributed by atoms with Crippen molar-refractivity contribution in [2.24, 2.45) is 0 Å². The molecule has 0 saturated carbocycles. The average Bonchev–Trinajstić information content (AvgIpc) is 3.34. The monoisotopic (exact) mass is 620 g/mol. The standard InChI is InChI=1S/C11H21Si2.3C7H6O2.Ti/c1-12(2,3)10-7-8-11(9-10)13(4,5)6;3*8-7(9)6-4-2-1-3-5-6;/h7H,8H2,1-6H3;3*1-5H,(H,8,9);/q;;;;+3/p-3. The van der Waals surface area contributed by atoms with Crippen LogP contribution >= 0.6 is 0 Å². The quantitative estimate of drug-likeness (QED) is 0.398. The fourth-order valence-corrected chi connectivity index (χ4v) is 10.8. The van der Waals surface area contributed by atoms with Gasteiger partial charge in [0.2, 0.25) is 0 Å². The van der Waals surface area contributed by atoms with Crippen molar-refractivity contribution in [3.63, 3.8) is 0 Å². The van der Waals surface area contributed by atoms with Gasteiger partial charge in [-0.25, -0.2) is 0 Å². The second-order valence-electron chi connectivity index (χ2n) is 11.1. The maximum atomic E-state index is 10.1. The van der Waals surface area contributed by atoms with Crippen LogP contribution in [0.15, 0.2) is 111 Å². The minimum atomic E-state index is -1.13. The first-order chi connectivity index (χ1) is 19.1. The summed E-state index contributed by atoms with van der Waals surface area (Å²) < 4.78 is 1.66. The Morgan fingerprint density at radius 1 is 0.561 bits per heavy atom. The van der Waals surface area contributed by atoms with Crippen LogP contribution in [-0.2, 0) is 20.4 Å². The van der Waals surface area contributed by atoms with Crippen molar-refractivity contribution in [3.05, 3.63) is 128 Å². The summed E-state index contributed by atoms with van der Waals surface area (Å²) in [6, 6.07) is 24.2. The minimum absolute atomic E-state index is 0.220. The third-order valence-corrected chi connectivity index (χ3v) is 11.8. The molecule has 9 heteroatoms. The number of benzene rings is 3. The molecule has 0 bridgehead atoms. The zero-order chi connectivity index (χ0) is 31.2. The molecule has 0 spiro atoms. The van der Waals surface area contributed by atoms with Crippen LogP contribution in [0.25, 0.3) is 0 Å². The predicted octanol–water partition coefficient (Wildman–Crippen LogP) is 4.02. The molecule has 0 radical (unpaired) electrons. The Hall–Kier alpha value is -3.30. The number of carboxylic acid groups (broad SMARTS) is 3. The van der Waals surface area contributed by atoms with E-state index in [1.165, 1.54) is 42.8 Å². The van der Waals surface area contributed by atoms with E-state index in [0.717, 1.165) is 0 Å². The molecule has 41 heavy (non-hydrogen) atoms. The molecule has 3 aromatic carbocycles. The van der Waals surface area contributed by atoms with Gasteiger partial charge in [-0.2, -0.15) is 0 Å². The first kappa shape index (κ1) is 35.7. The smallest absolute Gasteiger partial charge is 0.0715 e. The largest absolute Gasteiger partial charge is 0.545 e. The normalized spacial score (nSPS) is 12.3. The van der Waals surface area contributed by atoms with Gasteiger partial charge < -0.3 is 29.7 Å². The summed E-state index contributed by atoms with van der Waals surface area (Å²) in [6.07, 6.45) is 3.76. The van der Waals surface area contributed by atoms with Gasteiger partial charge in [-0.1, -0.05) is 91.0 Å². The molecule has 1 aliphatic carbocycles.